The number of unbranched alkanes of at least 4 members (excludes halogenated alkanes) is 10. The van der Waals surface area contributed by atoms with Gasteiger partial charge in [-0.05, 0) is 26.7 Å². The summed E-state index contributed by atoms with van der Waals surface area (Å²) in [6, 6.07) is 0. The third kappa shape index (κ3) is 20.0. The minimum Gasteiger partial charge on any atom is -0.379 e. The third-order valence-corrected chi connectivity index (χ3v) is 4.45. The highest BCUT2D eigenvalue weighted by molar-refractivity contribution is 4.55. The zero-order valence-corrected chi connectivity index (χ0v) is 17.7. The highest BCUT2D eigenvalue weighted by Crippen LogP contribution is 2.07. The van der Waals surface area contributed by atoms with Crippen LogP contribution in [0, 0.1) is 0 Å². The predicted octanol–water partition coefficient (Wildman–Crippen LogP) is 6.53. The third-order valence-electron chi connectivity index (χ3n) is 4.45. The van der Waals surface area contributed by atoms with Gasteiger partial charge in [0, 0.05) is 13.2 Å². The van der Waals surface area contributed by atoms with Gasteiger partial charge in [0.15, 0.2) is 0 Å². The molecule has 0 aromatic rings. The quantitative estimate of drug-likeness (QED) is 0.231. The second-order valence-corrected chi connectivity index (χ2v) is 7.44. The Bertz CT molecular complexity index is 221. The summed E-state index contributed by atoms with van der Waals surface area (Å²) in [5.74, 6) is 0. The fourth-order valence-electron chi connectivity index (χ4n) is 2.94. The molecule has 3 nitrogen and oxygen atoms in total. The van der Waals surface area contributed by atoms with Crippen LogP contribution in [0.3, 0.4) is 0 Å². The lowest BCUT2D eigenvalue weighted by atomic mass is 10.1. The van der Waals surface area contributed by atoms with E-state index in [-0.39, 0.29) is 12.2 Å². The zero-order valence-electron chi connectivity index (χ0n) is 17.7. The molecule has 0 spiro atoms. The van der Waals surface area contributed by atoms with E-state index in [1.54, 1.807) is 0 Å². The first-order valence-corrected chi connectivity index (χ1v) is 11.0. The molecule has 0 aliphatic rings. The van der Waals surface area contributed by atoms with Gasteiger partial charge in [-0.15, -0.1) is 0 Å². The van der Waals surface area contributed by atoms with Crippen LogP contribution in [0.15, 0.2) is 0 Å². The summed E-state index contributed by atoms with van der Waals surface area (Å²) < 4.78 is 17.4. The minimum absolute atomic E-state index is 0.146. The maximum Gasteiger partial charge on any atom is 0.0785 e. The Morgan fingerprint density at radius 2 is 0.880 bits per heavy atom. The van der Waals surface area contributed by atoms with E-state index >= 15 is 0 Å². The lowest BCUT2D eigenvalue weighted by molar-refractivity contribution is -0.0711. The van der Waals surface area contributed by atoms with Crippen LogP contribution < -0.4 is 0 Å². The minimum atomic E-state index is 0.146. The maximum absolute atomic E-state index is 5.92. The smallest absolute Gasteiger partial charge is 0.0785 e. The first-order valence-electron chi connectivity index (χ1n) is 11.0. The molecule has 0 amide bonds. The second kappa shape index (κ2) is 20.2. The molecule has 0 aliphatic heterocycles. The fraction of sp³-hybridized carbons (Fsp3) is 1.00. The average Bonchev–Trinajstić information content (AvgIpc) is 2.59. The standard InChI is InChI=1S/C22H46O3/c1-5-7-9-11-13-15-17-23-19-21(3)25-22(4)20-24-18-16-14-12-10-8-6-2/h21-22H,5-20H2,1-4H3. The summed E-state index contributed by atoms with van der Waals surface area (Å²) in [6.45, 7) is 11.8. The van der Waals surface area contributed by atoms with Crippen molar-refractivity contribution in [3.8, 4) is 0 Å². The predicted molar refractivity (Wildman–Crippen MR) is 108 cm³/mol. The van der Waals surface area contributed by atoms with Crippen LogP contribution in [0.1, 0.15) is 105 Å². The Kier molecular flexibility index (Phi) is 20.1. The molecule has 2 atom stereocenters. The molecular weight excluding hydrogens is 312 g/mol. The van der Waals surface area contributed by atoms with Gasteiger partial charge in [-0.1, -0.05) is 78.1 Å². The second-order valence-electron chi connectivity index (χ2n) is 7.44. The van der Waals surface area contributed by atoms with Crippen molar-refractivity contribution in [2.75, 3.05) is 26.4 Å². The summed E-state index contributed by atoms with van der Waals surface area (Å²) >= 11 is 0. The van der Waals surface area contributed by atoms with E-state index in [0.717, 1.165) is 13.2 Å². The van der Waals surface area contributed by atoms with Crippen molar-refractivity contribution in [3.63, 3.8) is 0 Å². The molecule has 3 heteroatoms. The molecule has 0 bridgehead atoms. The lowest BCUT2D eigenvalue weighted by Gasteiger charge is -2.19. The van der Waals surface area contributed by atoms with Gasteiger partial charge < -0.3 is 14.2 Å². The molecule has 0 saturated carbocycles. The summed E-state index contributed by atoms with van der Waals surface area (Å²) in [5, 5.41) is 0. The van der Waals surface area contributed by atoms with Gasteiger partial charge in [0.2, 0.25) is 0 Å². The molecule has 2 unspecified atom stereocenters. The molecule has 0 aromatic carbocycles. The number of hydrogen-bond acceptors (Lipinski definition) is 3. The Balaban J connectivity index is 3.31. The lowest BCUT2D eigenvalue weighted by Crippen LogP contribution is -2.25. The normalized spacial score (nSPS) is 13.9. The molecule has 0 saturated heterocycles. The van der Waals surface area contributed by atoms with Gasteiger partial charge in [-0.2, -0.15) is 0 Å². The number of hydrogen-bond donors (Lipinski definition) is 0. The van der Waals surface area contributed by atoms with E-state index in [1.165, 1.54) is 77.0 Å². The van der Waals surface area contributed by atoms with Crippen molar-refractivity contribution in [2.24, 2.45) is 0 Å². The molecule has 0 heterocycles. The van der Waals surface area contributed by atoms with Gasteiger partial charge in [0.05, 0.1) is 25.4 Å². The Hall–Kier alpha value is -0.120. The molecule has 25 heavy (non-hydrogen) atoms. The van der Waals surface area contributed by atoms with E-state index < -0.39 is 0 Å². The highest BCUT2D eigenvalue weighted by Gasteiger charge is 2.09. The molecule has 0 aliphatic carbocycles. The fourth-order valence-corrected chi connectivity index (χ4v) is 2.94. The summed E-state index contributed by atoms with van der Waals surface area (Å²) in [5.41, 5.74) is 0. The van der Waals surface area contributed by atoms with Crippen LogP contribution in [0.25, 0.3) is 0 Å². The largest absolute Gasteiger partial charge is 0.379 e. The highest BCUT2D eigenvalue weighted by atomic mass is 16.6. The summed E-state index contributed by atoms with van der Waals surface area (Å²) in [4.78, 5) is 0. The van der Waals surface area contributed by atoms with Gasteiger partial charge in [0.1, 0.15) is 0 Å². The summed E-state index contributed by atoms with van der Waals surface area (Å²) in [7, 11) is 0. The van der Waals surface area contributed by atoms with Crippen LogP contribution in [0.4, 0.5) is 0 Å². The van der Waals surface area contributed by atoms with E-state index in [2.05, 4.69) is 27.7 Å². The van der Waals surface area contributed by atoms with Crippen molar-refractivity contribution < 1.29 is 14.2 Å². The zero-order chi connectivity index (χ0) is 18.6. The average molecular weight is 359 g/mol. The molecule has 0 aromatic heterocycles. The molecular formula is C22H46O3. The van der Waals surface area contributed by atoms with E-state index in [1.807, 2.05) is 0 Å². The first kappa shape index (κ1) is 24.9. The van der Waals surface area contributed by atoms with Gasteiger partial charge >= 0.3 is 0 Å². The van der Waals surface area contributed by atoms with Crippen molar-refractivity contribution in [1.82, 2.24) is 0 Å². The van der Waals surface area contributed by atoms with Crippen molar-refractivity contribution >= 4 is 0 Å². The Morgan fingerprint density at radius 3 is 1.28 bits per heavy atom. The van der Waals surface area contributed by atoms with Gasteiger partial charge in [0.25, 0.3) is 0 Å². The van der Waals surface area contributed by atoms with E-state index in [0.29, 0.717) is 13.2 Å². The molecule has 0 rings (SSSR count). The van der Waals surface area contributed by atoms with Crippen LogP contribution in [-0.2, 0) is 14.2 Å². The number of rotatable bonds is 20. The van der Waals surface area contributed by atoms with Gasteiger partial charge in [-0.25, -0.2) is 0 Å². The maximum atomic E-state index is 5.92. The molecule has 0 radical (unpaired) electrons. The summed E-state index contributed by atoms with van der Waals surface area (Å²) in [6.07, 6.45) is 16.0. The van der Waals surface area contributed by atoms with E-state index in [4.69, 9.17) is 14.2 Å². The SMILES string of the molecule is CCCCCCCCOCC(C)OC(C)COCCCCCCCC. The van der Waals surface area contributed by atoms with Crippen molar-refractivity contribution in [1.29, 1.82) is 0 Å². The monoisotopic (exact) mass is 358 g/mol. The van der Waals surface area contributed by atoms with Crippen LogP contribution >= 0.6 is 0 Å². The van der Waals surface area contributed by atoms with Crippen molar-refractivity contribution in [2.45, 2.75) is 117 Å². The van der Waals surface area contributed by atoms with E-state index in [9.17, 15) is 0 Å². The molecule has 0 N–H and O–H groups in total. The van der Waals surface area contributed by atoms with Crippen LogP contribution in [0.5, 0.6) is 0 Å². The Labute approximate surface area is 158 Å². The molecule has 0 fully saturated rings. The van der Waals surface area contributed by atoms with Crippen LogP contribution in [-0.4, -0.2) is 38.6 Å². The van der Waals surface area contributed by atoms with Gasteiger partial charge in [-0.3, -0.25) is 0 Å². The van der Waals surface area contributed by atoms with Crippen molar-refractivity contribution in [3.05, 3.63) is 0 Å². The Morgan fingerprint density at radius 1 is 0.520 bits per heavy atom. The number of ether oxygens (including phenoxy) is 3. The van der Waals surface area contributed by atoms with Crippen LogP contribution in [0.2, 0.25) is 0 Å². The topological polar surface area (TPSA) is 27.7 Å². The first-order chi connectivity index (χ1) is 12.2. The molecule has 152 valence electrons.